The van der Waals surface area contributed by atoms with Crippen molar-refractivity contribution in [2.45, 2.75) is 51.1 Å². The number of ether oxygens (including phenoxy) is 1. The van der Waals surface area contributed by atoms with Crippen molar-refractivity contribution in [1.29, 1.82) is 0 Å². The monoisotopic (exact) mass is 669 g/mol. The molecule has 0 aliphatic carbocycles. The average molecular weight is 670 g/mol. The summed E-state index contributed by atoms with van der Waals surface area (Å²) in [4.78, 5) is 38.0. The van der Waals surface area contributed by atoms with E-state index in [0.29, 0.717) is 30.3 Å². The van der Waals surface area contributed by atoms with Crippen LogP contribution in [0.25, 0.3) is 10.9 Å². The lowest BCUT2D eigenvalue weighted by Crippen LogP contribution is -2.53. The van der Waals surface area contributed by atoms with Crippen LogP contribution < -0.4 is 15.0 Å². The van der Waals surface area contributed by atoms with Gasteiger partial charge < -0.3 is 24.8 Å². The molecule has 2 amide bonds. The Morgan fingerprint density at radius 1 is 1.04 bits per heavy atom. The predicted octanol–water partition coefficient (Wildman–Crippen LogP) is 6.32. The van der Waals surface area contributed by atoms with Crippen molar-refractivity contribution in [2.24, 2.45) is 11.8 Å². The van der Waals surface area contributed by atoms with Crippen LogP contribution >= 0.6 is 11.6 Å². The fourth-order valence-electron chi connectivity index (χ4n) is 7.53. The molecule has 0 unspecified atom stereocenters. The second kappa shape index (κ2) is 15.6. The number of benzene rings is 3. The molecule has 1 saturated heterocycles. The third kappa shape index (κ3) is 8.41. The van der Waals surface area contributed by atoms with Crippen LogP contribution in [0, 0.1) is 11.8 Å². The van der Waals surface area contributed by atoms with Crippen LogP contribution in [0.3, 0.4) is 0 Å². The summed E-state index contributed by atoms with van der Waals surface area (Å²) in [5.74, 6) is 1.49. The first kappa shape index (κ1) is 34.0. The van der Waals surface area contributed by atoms with Crippen LogP contribution in [0.5, 0.6) is 5.75 Å². The minimum absolute atomic E-state index is 0.0646. The summed E-state index contributed by atoms with van der Waals surface area (Å²) < 4.78 is 5.39. The van der Waals surface area contributed by atoms with Gasteiger partial charge >= 0.3 is 0 Å². The summed E-state index contributed by atoms with van der Waals surface area (Å²) in [5.41, 5.74) is 5.25. The Kier molecular flexibility index (Phi) is 11.0. The average Bonchev–Trinajstić information content (AvgIpc) is 3.49. The van der Waals surface area contributed by atoms with Crippen molar-refractivity contribution in [3.05, 3.63) is 94.6 Å². The lowest BCUT2D eigenvalue weighted by atomic mass is 9.90. The van der Waals surface area contributed by atoms with Crippen molar-refractivity contribution in [3.63, 3.8) is 0 Å². The summed E-state index contributed by atoms with van der Waals surface area (Å²) >= 11 is 6.41. The van der Waals surface area contributed by atoms with E-state index in [9.17, 15) is 9.59 Å². The number of fused-ring (bicyclic) bond motifs is 2. The Hall–Kier alpha value is -3.85. The number of hydrogen-bond donors (Lipinski definition) is 2. The van der Waals surface area contributed by atoms with Crippen LogP contribution in [-0.2, 0) is 29.0 Å². The molecule has 2 atom stereocenters. The van der Waals surface area contributed by atoms with E-state index >= 15 is 0 Å². The van der Waals surface area contributed by atoms with Gasteiger partial charge in [-0.25, -0.2) is 0 Å². The van der Waals surface area contributed by atoms with Gasteiger partial charge in [-0.3, -0.25) is 14.5 Å². The number of methoxy groups -OCH3 is 1. The highest BCUT2D eigenvalue weighted by Gasteiger charge is 2.34. The van der Waals surface area contributed by atoms with E-state index in [4.69, 9.17) is 16.3 Å². The van der Waals surface area contributed by atoms with Gasteiger partial charge in [-0.2, -0.15) is 0 Å². The second-order valence-electron chi connectivity index (χ2n) is 13.8. The molecule has 0 radical (unpaired) electrons. The van der Waals surface area contributed by atoms with Crippen LogP contribution in [0.2, 0.25) is 5.02 Å². The van der Waals surface area contributed by atoms with Gasteiger partial charge in [0.1, 0.15) is 11.8 Å². The van der Waals surface area contributed by atoms with Gasteiger partial charge in [0.15, 0.2) is 0 Å². The van der Waals surface area contributed by atoms with Crippen LogP contribution in [-0.4, -0.2) is 80.0 Å². The number of halogens is 1. The van der Waals surface area contributed by atoms with E-state index in [2.05, 4.69) is 52.4 Å². The smallest absolute Gasteiger partial charge is 0.249 e. The normalized spacial score (nSPS) is 17.8. The molecule has 2 aliphatic rings. The number of rotatable bonds is 12. The van der Waals surface area contributed by atoms with E-state index in [1.807, 2.05) is 59.6 Å². The number of anilines is 1. The molecule has 0 saturated carbocycles. The van der Waals surface area contributed by atoms with Crippen molar-refractivity contribution >= 4 is 40.0 Å². The molecule has 8 nitrogen and oxygen atoms in total. The van der Waals surface area contributed by atoms with Gasteiger partial charge in [-0.1, -0.05) is 41.9 Å². The molecule has 4 aromatic rings. The zero-order valence-electron chi connectivity index (χ0n) is 28.4. The maximum atomic E-state index is 14.5. The number of nitrogens with zero attached hydrogens (tertiary/aromatic N) is 3. The number of piperidine rings is 1. The van der Waals surface area contributed by atoms with Crippen LogP contribution in [0.1, 0.15) is 42.4 Å². The van der Waals surface area contributed by atoms with Crippen LogP contribution in [0.15, 0.2) is 72.9 Å². The van der Waals surface area contributed by atoms with Gasteiger partial charge in [-0.05, 0) is 118 Å². The molecule has 1 aromatic heterocycles. The highest BCUT2D eigenvalue weighted by atomic mass is 35.5. The predicted molar refractivity (Wildman–Crippen MR) is 194 cm³/mol. The highest BCUT2D eigenvalue weighted by molar-refractivity contribution is 6.30. The van der Waals surface area contributed by atoms with Crippen molar-refractivity contribution in [1.82, 2.24) is 20.1 Å². The number of aromatic nitrogens is 1. The van der Waals surface area contributed by atoms with E-state index < -0.39 is 6.04 Å². The maximum absolute atomic E-state index is 14.5. The molecule has 3 aromatic carbocycles. The molecule has 0 spiro atoms. The summed E-state index contributed by atoms with van der Waals surface area (Å²) in [6, 6.07) is 21.5. The molecule has 9 heteroatoms. The summed E-state index contributed by atoms with van der Waals surface area (Å²) in [7, 11) is 5.82. The molecule has 6 rings (SSSR count). The lowest BCUT2D eigenvalue weighted by Gasteiger charge is -2.37. The Balaban J connectivity index is 1.13. The molecule has 48 heavy (non-hydrogen) atoms. The summed E-state index contributed by atoms with van der Waals surface area (Å²) in [6.07, 6.45) is 6.60. The quantitative estimate of drug-likeness (QED) is 0.185. The SMILES string of the molecule is COc1cccc(CN2CCC(CCC(=O)N[C@H](Cc3c[nH]c4ccccc34)C(=O)N3C[C@@H](CN(C)C)Cc4cc(Cl)ccc43)CC2)c1. The number of aromatic amines is 1. The fourth-order valence-corrected chi connectivity index (χ4v) is 7.73. The van der Waals surface area contributed by atoms with Crippen molar-refractivity contribution < 1.29 is 14.3 Å². The topological polar surface area (TPSA) is 80.9 Å². The van der Waals surface area contributed by atoms with Gasteiger partial charge in [-0.15, -0.1) is 0 Å². The Morgan fingerprint density at radius 3 is 2.65 bits per heavy atom. The van der Waals surface area contributed by atoms with E-state index in [-0.39, 0.29) is 17.7 Å². The number of carbonyl (C=O) groups is 2. The van der Waals surface area contributed by atoms with Gasteiger partial charge in [0.25, 0.3) is 0 Å². The molecule has 2 aliphatic heterocycles. The third-order valence-corrected chi connectivity index (χ3v) is 10.2. The first-order valence-electron chi connectivity index (χ1n) is 17.2. The van der Waals surface area contributed by atoms with E-state index in [1.165, 1.54) is 5.56 Å². The van der Waals surface area contributed by atoms with Crippen molar-refractivity contribution in [2.75, 3.05) is 52.3 Å². The fraction of sp³-hybridized carbons (Fsp3) is 0.436. The first-order chi connectivity index (χ1) is 23.2. The molecule has 254 valence electrons. The minimum atomic E-state index is -0.692. The molecular formula is C39H48ClN5O3. The zero-order chi connectivity index (χ0) is 33.6. The van der Waals surface area contributed by atoms with Gasteiger partial charge in [0.05, 0.1) is 7.11 Å². The zero-order valence-corrected chi connectivity index (χ0v) is 29.1. The van der Waals surface area contributed by atoms with Gasteiger partial charge in [0.2, 0.25) is 11.8 Å². The molecule has 0 bridgehead atoms. The molecule has 1 fully saturated rings. The van der Waals surface area contributed by atoms with E-state index in [1.54, 1.807) is 7.11 Å². The number of likely N-dealkylation sites (tertiary alicyclic amines) is 1. The number of amides is 2. The molecule has 2 N–H and O–H groups in total. The number of nitrogens with one attached hydrogen (secondary N) is 2. The van der Waals surface area contributed by atoms with Crippen molar-refractivity contribution in [3.8, 4) is 5.75 Å². The number of hydrogen-bond acceptors (Lipinski definition) is 5. The Bertz CT molecular complexity index is 1710. The first-order valence-corrected chi connectivity index (χ1v) is 17.6. The molecular weight excluding hydrogens is 622 g/mol. The minimum Gasteiger partial charge on any atom is -0.497 e. The lowest BCUT2D eigenvalue weighted by molar-refractivity contribution is -0.128. The Labute approximate surface area is 289 Å². The largest absolute Gasteiger partial charge is 0.497 e. The van der Waals surface area contributed by atoms with E-state index in [0.717, 1.165) is 85.3 Å². The number of carbonyl (C=O) groups excluding carboxylic acids is 2. The standard InChI is InChI=1S/C39H48ClN5O3/c1-43(2)24-29-19-30-21-32(40)12-13-37(30)45(26-29)39(47)36(22-31-23-41-35-10-5-4-9-34(31)35)42-38(46)14-11-27-15-17-44(18-16-27)25-28-7-6-8-33(20-28)48-3/h4-10,12-13,20-21,23,27,29,36,41H,11,14-19,22,24-26H2,1-3H3,(H,42,46)/t29-,36-/m1/s1. The van der Waals surface area contributed by atoms with Gasteiger partial charge in [0, 0.05) is 60.3 Å². The van der Waals surface area contributed by atoms with Crippen LogP contribution in [0.4, 0.5) is 5.69 Å². The Morgan fingerprint density at radius 2 is 1.85 bits per heavy atom. The third-order valence-electron chi connectivity index (χ3n) is 9.93. The number of para-hydroxylation sites is 1. The maximum Gasteiger partial charge on any atom is 0.249 e. The highest BCUT2D eigenvalue weighted by Crippen LogP contribution is 2.33. The number of H-pyrrole nitrogens is 1. The summed E-state index contributed by atoms with van der Waals surface area (Å²) in [5, 5.41) is 4.94. The summed E-state index contributed by atoms with van der Waals surface area (Å²) in [6.45, 7) is 4.38. The molecule has 3 heterocycles. The second-order valence-corrected chi connectivity index (χ2v) is 14.3.